The van der Waals surface area contributed by atoms with Crippen LogP contribution in [0.3, 0.4) is 0 Å². The minimum atomic E-state index is -0.856. The Labute approximate surface area is 118 Å². The molecular formula is C14H12F2IN. The van der Waals surface area contributed by atoms with Crippen LogP contribution in [0.4, 0.5) is 8.78 Å². The summed E-state index contributed by atoms with van der Waals surface area (Å²) < 4.78 is 27.1. The number of nitrogens with two attached hydrogens (primary N) is 1. The lowest BCUT2D eigenvalue weighted by Gasteiger charge is -2.12. The van der Waals surface area contributed by atoms with E-state index in [1.54, 1.807) is 0 Å². The number of halogens is 3. The largest absolute Gasteiger partial charge is 0.324 e. The van der Waals surface area contributed by atoms with Crippen LogP contribution in [0.2, 0.25) is 0 Å². The summed E-state index contributed by atoms with van der Waals surface area (Å²) in [6, 6.07) is 11.4. The molecule has 94 valence electrons. The Balaban J connectivity index is 2.13. The third-order valence-corrected chi connectivity index (χ3v) is 3.46. The molecule has 0 fully saturated rings. The summed E-state index contributed by atoms with van der Waals surface area (Å²) in [4.78, 5) is 0. The minimum Gasteiger partial charge on any atom is -0.324 e. The van der Waals surface area contributed by atoms with Gasteiger partial charge in [0.05, 0.1) is 0 Å². The van der Waals surface area contributed by atoms with Crippen LogP contribution in [0.1, 0.15) is 17.2 Å². The highest BCUT2D eigenvalue weighted by Gasteiger charge is 2.10. The third-order valence-electron chi connectivity index (χ3n) is 2.74. The van der Waals surface area contributed by atoms with Gasteiger partial charge in [-0.1, -0.05) is 18.2 Å². The van der Waals surface area contributed by atoms with Crippen molar-refractivity contribution in [3.8, 4) is 0 Å². The van der Waals surface area contributed by atoms with Gasteiger partial charge >= 0.3 is 0 Å². The van der Waals surface area contributed by atoms with Gasteiger partial charge in [-0.3, -0.25) is 0 Å². The van der Waals surface area contributed by atoms with Gasteiger partial charge in [0.1, 0.15) is 0 Å². The first-order chi connectivity index (χ1) is 8.56. The third kappa shape index (κ3) is 3.26. The average molecular weight is 359 g/mol. The highest BCUT2D eigenvalue weighted by atomic mass is 127. The van der Waals surface area contributed by atoms with Crippen molar-refractivity contribution in [1.82, 2.24) is 0 Å². The smallest absolute Gasteiger partial charge is 0.159 e. The fraction of sp³-hybridized carbons (Fsp3) is 0.143. The van der Waals surface area contributed by atoms with Crippen LogP contribution in [-0.2, 0) is 6.42 Å². The number of rotatable bonds is 3. The van der Waals surface area contributed by atoms with Gasteiger partial charge in [0.15, 0.2) is 11.6 Å². The highest BCUT2D eigenvalue weighted by molar-refractivity contribution is 14.1. The molecule has 0 radical (unpaired) electrons. The van der Waals surface area contributed by atoms with Crippen LogP contribution >= 0.6 is 22.6 Å². The van der Waals surface area contributed by atoms with Gasteiger partial charge in [-0.05, 0) is 64.4 Å². The van der Waals surface area contributed by atoms with Crippen LogP contribution in [0.25, 0.3) is 0 Å². The van der Waals surface area contributed by atoms with E-state index in [9.17, 15) is 8.78 Å². The van der Waals surface area contributed by atoms with Crippen LogP contribution in [0.15, 0.2) is 42.5 Å². The summed E-state index contributed by atoms with van der Waals surface area (Å²) in [5.74, 6) is -1.70. The average Bonchev–Trinajstić information content (AvgIpc) is 2.35. The molecule has 2 aromatic carbocycles. The second kappa shape index (κ2) is 5.75. The van der Waals surface area contributed by atoms with E-state index in [0.29, 0.717) is 12.0 Å². The molecule has 0 aromatic heterocycles. The van der Waals surface area contributed by atoms with E-state index < -0.39 is 11.6 Å². The summed E-state index contributed by atoms with van der Waals surface area (Å²) in [6.07, 6.45) is 0.599. The number of benzene rings is 2. The predicted octanol–water partition coefficient (Wildman–Crippen LogP) is 3.81. The summed E-state index contributed by atoms with van der Waals surface area (Å²) in [6.45, 7) is 0. The van der Waals surface area contributed by atoms with Crippen molar-refractivity contribution < 1.29 is 8.78 Å². The molecule has 2 rings (SSSR count). The van der Waals surface area contributed by atoms with Crippen LogP contribution < -0.4 is 5.73 Å². The zero-order valence-electron chi connectivity index (χ0n) is 9.54. The lowest BCUT2D eigenvalue weighted by molar-refractivity contribution is 0.505. The van der Waals surface area contributed by atoms with Crippen molar-refractivity contribution in [1.29, 1.82) is 0 Å². The quantitative estimate of drug-likeness (QED) is 0.829. The van der Waals surface area contributed by atoms with Crippen molar-refractivity contribution >= 4 is 22.6 Å². The second-order valence-corrected chi connectivity index (χ2v) is 5.36. The van der Waals surface area contributed by atoms with Gasteiger partial charge in [-0.2, -0.15) is 0 Å². The van der Waals surface area contributed by atoms with E-state index in [1.165, 1.54) is 6.07 Å². The molecule has 1 unspecified atom stereocenters. The van der Waals surface area contributed by atoms with E-state index in [-0.39, 0.29) is 6.04 Å². The van der Waals surface area contributed by atoms with E-state index in [4.69, 9.17) is 5.73 Å². The molecule has 0 spiro atoms. The normalized spacial score (nSPS) is 12.4. The Morgan fingerprint density at radius 3 is 2.28 bits per heavy atom. The first-order valence-electron chi connectivity index (χ1n) is 5.51. The Hall–Kier alpha value is -1.01. The molecule has 0 aliphatic carbocycles. The molecule has 0 aliphatic rings. The molecule has 1 nitrogen and oxygen atoms in total. The van der Waals surface area contributed by atoms with Gasteiger partial charge < -0.3 is 5.73 Å². The van der Waals surface area contributed by atoms with Crippen LogP contribution in [0.5, 0.6) is 0 Å². The van der Waals surface area contributed by atoms with Crippen molar-refractivity contribution in [2.75, 3.05) is 0 Å². The highest BCUT2D eigenvalue weighted by Crippen LogP contribution is 2.19. The zero-order valence-corrected chi connectivity index (χ0v) is 11.7. The van der Waals surface area contributed by atoms with Crippen molar-refractivity contribution in [2.45, 2.75) is 12.5 Å². The molecule has 4 heteroatoms. The number of hydrogen-bond acceptors (Lipinski definition) is 1. The molecule has 2 N–H and O–H groups in total. The van der Waals surface area contributed by atoms with Gasteiger partial charge in [0, 0.05) is 9.61 Å². The van der Waals surface area contributed by atoms with E-state index >= 15 is 0 Å². The topological polar surface area (TPSA) is 26.0 Å². The lowest BCUT2D eigenvalue weighted by atomic mass is 10.00. The number of hydrogen-bond donors (Lipinski definition) is 1. The molecular weight excluding hydrogens is 347 g/mol. The van der Waals surface area contributed by atoms with E-state index in [2.05, 4.69) is 22.6 Å². The Morgan fingerprint density at radius 1 is 1.00 bits per heavy atom. The first-order valence-corrected chi connectivity index (χ1v) is 6.59. The molecule has 18 heavy (non-hydrogen) atoms. The molecule has 0 bridgehead atoms. The standard InChI is InChI=1S/C14H12F2IN/c15-12-6-3-10(8-13(12)16)14(18)7-9-1-4-11(17)5-2-9/h1-6,8,14H,7,18H2. The van der Waals surface area contributed by atoms with Gasteiger partial charge in [-0.15, -0.1) is 0 Å². The Bertz CT molecular complexity index is 540. The molecule has 0 aliphatic heterocycles. The van der Waals surface area contributed by atoms with Crippen molar-refractivity contribution in [3.63, 3.8) is 0 Å². The van der Waals surface area contributed by atoms with Crippen molar-refractivity contribution in [2.24, 2.45) is 5.73 Å². The van der Waals surface area contributed by atoms with Gasteiger partial charge in [0.2, 0.25) is 0 Å². The molecule has 0 saturated heterocycles. The van der Waals surface area contributed by atoms with Crippen molar-refractivity contribution in [3.05, 3.63) is 68.8 Å². The zero-order chi connectivity index (χ0) is 13.1. The fourth-order valence-electron chi connectivity index (χ4n) is 1.74. The first kappa shape index (κ1) is 13.4. The summed E-state index contributed by atoms with van der Waals surface area (Å²) >= 11 is 2.23. The fourth-order valence-corrected chi connectivity index (χ4v) is 2.09. The molecule has 2 aromatic rings. The Morgan fingerprint density at radius 2 is 1.67 bits per heavy atom. The summed E-state index contributed by atoms with van der Waals surface area (Å²) in [5.41, 5.74) is 7.67. The van der Waals surface area contributed by atoms with Gasteiger partial charge in [-0.25, -0.2) is 8.78 Å². The monoisotopic (exact) mass is 359 g/mol. The Kier molecular flexibility index (Phi) is 4.29. The maximum atomic E-state index is 13.1. The molecule has 0 saturated carbocycles. The summed E-state index contributed by atoms with van der Waals surface area (Å²) in [5, 5.41) is 0. The lowest BCUT2D eigenvalue weighted by Crippen LogP contribution is -2.13. The van der Waals surface area contributed by atoms with Crippen LogP contribution in [0, 0.1) is 15.2 Å². The SMILES string of the molecule is NC(Cc1ccc(I)cc1)c1ccc(F)c(F)c1. The molecule has 0 amide bonds. The second-order valence-electron chi connectivity index (χ2n) is 4.11. The molecule has 1 atom stereocenters. The van der Waals surface area contributed by atoms with Gasteiger partial charge in [0.25, 0.3) is 0 Å². The van der Waals surface area contributed by atoms with E-state index in [0.717, 1.165) is 21.3 Å². The predicted molar refractivity (Wildman–Crippen MR) is 76.1 cm³/mol. The summed E-state index contributed by atoms with van der Waals surface area (Å²) in [7, 11) is 0. The van der Waals surface area contributed by atoms with E-state index in [1.807, 2.05) is 24.3 Å². The minimum absolute atomic E-state index is 0.333. The van der Waals surface area contributed by atoms with Crippen LogP contribution in [-0.4, -0.2) is 0 Å². The molecule has 0 heterocycles. The maximum absolute atomic E-state index is 13.1. The maximum Gasteiger partial charge on any atom is 0.159 e.